The molecule has 1 fully saturated rings. The van der Waals surface area contributed by atoms with E-state index in [9.17, 15) is 4.79 Å². The van der Waals surface area contributed by atoms with Crippen LogP contribution in [0.1, 0.15) is 20.8 Å². The molecule has 0 amide bonds. The van der Waals surface area contributed by atoms with Crippen molar-refractivity contribution in [2.45, 2.75) is 39.0 Å². The number of rotatable bonds is 5. The first-order valence-electron chi connectivity index (χ1n) is 6.21. The van der Waals surface area contributed by atoms with Gasteiger partial charge in [0.25, 0.3) is 0 Å². The molecule has 0 spiro atoms. The smallest absolute Gasteiger partial charge is 0.320 e. The Morgan fingerprint density at radius 1 is 1.12 bits per heavy atom. The molecule has 0 aliphatic carbocycles. The first-order valence-corrected chi connectivity index (χ1v) is 6.21. The minimum Gasteiger partial charge on any atom is -0.480 e. The molecular weight excluding hydrogens is 220 g/mol. The largest absolute Gasteiger partial charge is 0.480 e. The van der Waals surface area contributed by atoms with Gasteiger partial charge in [-0.15, -0.1) is 0 Å². The predicted octanol–water partition coefficient (Wildman–Crippen LogP) is 0.501. The monoisotopic (exact) mass is 244 g/mol. The van der Waals surface area contributed by atoms with Crippen LogP contribution in [0.3, 0.4) is 0 Å². The molecule has 1 N–H and O–H groups in total. The number of ether oxygens (including phenoxy) is 1. The third-order valence-corrected chi connectivity index (χ3v) is 3.88. The van der Waals surface area contributed by atoms with Crippen LogP contribution in [0.5, 0.6) is 0 Å². The first kappa shape index (κ1) is 14.4. The number of aliphatic carboxylic acids is 1. The Kier molecular flexibility index (Phi) is 5.36. The Morgan fingerprint density at radius 3 is 2.00 bits per heavy atom. The van der Waals surface area contributed by atoms with E-state index in [4.69, 9.17) is 9.84 Å². The summed E-state index contributed by atoms with van der Waals surface area (Å²) >= 11 is 0. The van der Waals surface area contributed by atoms with E-state index in [0.29, 0.717) is 6.04 Å². The zero-order valence-corrected chi connectivity index (χ0v) is 11.2. The van der Waals surface area contributed by atoms with E-state index in [1.165, 1.54) is 0 Å². The lowest BCUT2D eigenvalue weighted by molar-refractivity contribution is -0.143. The van der Waals surface area contributed by atoms with Crippen LogP contribution in [0.4, 0.5) is 0 Å². The molecule has 0 radical (unpaired) electrons. The Bertz CT molecular complexity index is 252. The summed E-state index contributed by atoms with van der Waals surface area (Å²) < 4.78 is 5.33. The number of methoxy groups -OCH3 is 1. The zero-order valence-electron chi connectivity index (χ0n) is 11.2. The maximum atomic E-state index is 10.9. The molecule has 0 aromatic carbocycles. The van der Waals surface area contributed by atoms with Crippen molar-refractivity contribution in [2.24, 2.45) is 0 Å². The summed E-state index contributed by atoms with van der Waals surface area (Å²) in [7, 11) is 1.73. The van der Waals surface area contributed by atoms with Crippen LogP contribution in [-0.4, -0.2) is 72.4 Å². The molecular formula is C12H24N2O3. The second-order valence-corrected chi connectivity index (χ2v) is 4.77. The van der Waals surface area contributed by atoms with E-state index in [1.807, 2.05) is 4.90 Å². The SMILES string of the molecule is COC(C)C(C)N1CCN(C(C)C(=O)O)CC1. The van der Waals surface area contributed by atoms with E-state index in [-0.39, 0.29) is 12.1 Å². The maximum absolute atomic E-state index is 10.9. The molecule has 1 rings (SSSR count). The second-order valence-electron chi connectivity index (χ2n) is 4.77. The van der Waals surface area contributed by atoms with Gasteiger partial charge in [-0.05, 0) is 20.8 Å². The normalized spacial score (nSPS) is 24.2. The quantitative estimate of drug-likeness (QED) is 0.763. The summed E-state index contributed by atoms with van der Waals surface area (Å²) in [4.78, 5) is 15.3. The molecule has 3 atom stereocenters. The van der Waals surface area contributed by atoms with Crippen molar-refractivity contribution >= 4 is 5.97 Å². The van der Waals surface area contributed by atoms with Crippen LogP contribution < -0.4 is 0 Å². The number of carbonyl (C=O) groups is 1. The molecule has 100 valence electrons. The topological polar surface area (TPSA) is 53.0 Å². The van der Waals surface area contributed by atoms with Crippen molar-refractivity contribution in [1.29, 1.82) is 0 Å². The molecule has 0 bridgehead atoms. The summed E-state index contributed by atoms with van der Waals surface area (Å²) in [5.41, 5.74) is 0. The Balaban J connectivity index is 2.43. The van der Waals surface area contributed by atoms with Crippen LogP contribution in [0, 0.1) is 0 Å². The fourth-order valence-corrected chi connectivity index (χ4v) is 2.18. The van der Waals surface area contributed by atoms with Gasteiger partial charge in [-0.2, -0.15) is 0 Å². The molecule has 17 heavy (non-hydrogen) atoms. The van der Waals surface area contributed by atoms with E-state index in [0.717, 1.165) is 26.2 Å². The van der Waals surface area contributed by atoms with E-state index >= 15 is 0 Å². The molecule has 5 heteroatoms. The summed E-state index contributed by atoms with van der Waals surface area (Å²) in [5, 5.41) is 8.96. The molecule has 0 saturated carbocycles. The number of piperazine rings is 1. The van der Waals surface area contributed by atoms with Gasteiger partial charge in [0.1, 0.15) is 6.04 Å². The second kappa shape index (κ2) is 6.33. The predicted molar refractivity (Wildman–Crippen MR) is 66.2 cm³/mol. The molecule has 1 aliphatic rings. The highest BCUT2D eigenvalue weighted by Crippen LogP contribution is 2.12. The van der Waals surface area contributed by atoms with Gasteiger partial charge in [-0.3, -0.25) is 14.6 Å². The molecule has 0 aromatic rings. The molecule has 3 unspecified atom stereocenters. The average molecular weight is 244 g/mol. The lowest BCUT2D eigenvalue weighted by Crippen LogP contribution is -2.55. The third-order valence-electron chi connectivity index (χ3n) is 3.88. The lowest BCUT2D eigenvalue weighted by Gasteiger charge is -2.40. The van der Waals surface area contributed by atoms with E-state index in [2.05, 4.69) is 18.7 Å². The highest BCUT2D eigenvalue weighted by molar-refractivity contribution is 5.72. The highest BCUT2D eigenvalue weighted by atomic mass is 16.5. The Morgan fingerprint density at radius 2 is 1.59 bits per heavy atom. The average Bonchev–Trinajstić information content (AvgIpc) is 2.36. The van der Waals surface area contributed by atoms with Crippen molar-refractivity contribution in [1.82, 2.24) is 9.80 Å². The number of hydrogen-bond acceptors (Lipinski definition) is 4. The lowest BCUT2D eigenvalue weighted by atomic mass is 10.1. The third kappa shape index (κ3) is 3.66. The van der Waals surface area contributed by atoms with Gasteiger partial charge >= 0.3 is 5.97 Å². The Labute approximate surface area is 103 Å². The van der Waals surface area contributed by atoms with Gasteiger partial charge in [-0.25, -0.2) is 0 Å². The highest BCUT2D eigenvalue weighted by Gasteiger charge is 2.28. The fourth-order valence-electron chi connectivity index (χ4n) is 2.18. The van der Waals surface area contributed by atoms with Crippen molar-refractivity contribution in [3.8, 4) is 0 Å². The summed E-state index contributed by atoms with van der Waals surface area (Å²) in [6, 6.07) is -0.00501. The van der Waals surface area contributed by atoms with Crippen molar-refractivity contribution in [3.05, 3.63) is 0 Å². The fraction of sp³-hybridized carbons (Fsp3) is 0.917. The van der Waals surface area contributed by atoms with Crippen LogP contribution in [0.15, 0.2) is 0 Å². The minimum atomic E-state index is -0.739. The van der Waals surface area contributed by atoms with E-state index < -0.39 is 5.97 Å². The van der Waals surface area contributed by atoms with Gasteiger partial charge in [0.2, 0.25) is 0 Å². The number of carboxylic acid groups (broad SMARTS) is 1. The maximum Gasteiger partial charge on any atom is 0.320 e. The van der Waals surface area contributed by atoms with Gasteiger partial charge < -0.3 is 9.84 Å². The zero-order chi connectivity index (χ0) is 13.0. The van der Waals surface area contributed by atoms with Gasteiger partial charge in [0.15, 0.2) is 0 Å². The van der Waals surface area contributed by atoms with Crippen LogP contribution >= 0.6 is 0 Å². The minimum absolute atomic E-state index is 0.207. The van der Waals surface area contributed by atoms with Crippen LogP contribution in [0.25, 0.3) is 0 Å². The standard InChI is InChI=1S/C12H24N2O3/c1-9(11(3)17-4)13-5-7-14(8-6-13)10(2)12(15)16/h9-11H,5-8H2,1-4H3,(H,15,16). The molecule has 0 aromatic heterocycles. The first-order chi connectivity index (χ1) is 7.97. The molecule has 1 heterocycles. The van der Waals surface area contributed by atoms with E-state index in [1.54, 1.807) is 14.0 Å². The number of carboxylic acids is 1. The summed E-state index contributed by atoms with van der Waals surface area (Å²) in [6.45, 7) is 9.42. The summed E-state index contributed by atoms with van der Waals surface area (Å²) in [5.74, 6) is -0.739. The molecule has 1 aliphatic heterocycles. The number of nitrogens with zero attached hydrogens (tertiary/aromatic N) is 2. The van der Waals surface area contributed by atoms with Crippen molar-refractivity contribution < 1.29 is 14.6 Å². The van der Waals surface area contributed by atoms with Crippen molar-refractivity contribution in [2.75, 3.05) is 33.3 Å². The van der Waals surface area contributed by atoms with Crippen LogP contribution in [0.2, 0.25) is 0 Å². The van der Waals surface area contributed by atoms with Gasteiger partial charge in [0, 0.05) is 39.3 Å². The molecule has 1 saturated heterocycles. The Hall–Kier alpha value is -0.650. The van der Waals surface area contributed by atoms with Gasteiger partial charge in [0.05, 0.1) is 6.10 Å². The molecule has 5 nitrogen and oxygen atoms in total. The van der Waals surface area contributed by atoms with Gasteiger partial charge in [-0.1, -0.05) is 0 Å². The van der Waals surface area contributed by atoms with Crippen LogP contribution in [-0.2, 0) is 9.53 Å². The summed E-state index contributed by atoms with van der Waals surface area (Å²) in [6.07, 6.45) is 0.207. The van der Waals surface area contributed by atoms with Crippen molar-refractivity contribution in [3.63, 3.8) is 0 Å². The number of hydrogen-bond donors (Lipinski definition) is 1.